The summed E-state index contributed by atoms with van der Waals surface area (Å²) in [6.45, 7) is 3.79. The van der Waals surface area contributed by atoms with Gasteiger partial charge in [0.2, 0.25) is 0 Å². The standard InChI is InChI=1S/C21H23ClN4O5/c1-4-30-17-10-14(11-24-26-21(29)20(28)23-3)9-16(22)19(17)31-12-18(27)25-15-7-5-13(2)6-8-15/h5-11H,4,12H2,1-3H3,(H,23,28)(H,25,27)(H,26,29)/b24-11-. The number of hydrogen-bond acceptors (Lipinski definition) is 6. The lowest BCUT2D eigenvalue weighted by molar-refractivity contribution is -0.138. The van der Waals surface area contributed by atoms with Gasteiger partial charge in [-0.25, -0.2) is 5.43 Å². The molecule has 2 aromatic rings. The van der Waals surface area contributed by atoms with E-state index in [0.29, 0.717) is 23.6 Å². The maximum absolute atomic E-state index is 12.2. The van der Waals surface area contributed by atoms with Gasteiger partial charge in [0.1, 0.15) is 0 Å². The molecule has 2 aromatic carbocycles. The minimum absolute atomic E-state index is 0.188. The molecule has 2 rings (SSSR count). The van der Waals surface area contributed by atoms with Crippen molar-refractivity contribution in [3.05, 3.63) is 52.5 Å². The molecule has 0 aliphatic rings. The first-order chi connectivity index (χ1) is 14.8. The predicted octanol–water partition coefficient (Wildman–Crippen LogP) is 2.26. The minimum Gasteiger partial charge on any atom is -0.490 e. The van der Waals surface area contributed by atoms with Crippen molar-refractivity contribution in [1.29, 1.82) is 0 Å². The summed E-state index contributed by atoms with van der Waals surface area (Å²) in [5, 5.41) is 8.81. The Bertz CT molecular complexity index is 976. The average Bonchev–Trinajstić information content (AvgIpc) is 2.74. The van der Waals surface area contributed by atoms with Gasteiger partial charge < -0.3 is 20.1 Å². The van der Waals surface area contributed by atoms with Crippen molar-refractivity contribution in [2.45, 2.75) is 13.8 Å². The van der Waals surface area contributed by atoms with Gasteiger partial charge in [-0.2, -0.15) is 5.10 Å². The molecule has 0 fully saturated rings. The molecule has 0 aliphatic heterocycles. The second-order valence-corrected chi connectivity index (χ2v) is 6.65. The number of amides is 3. The molecule has 31 heavy (non-hydrogen) atoms. The first-order valence-corrected chi connectivity index (χ1v) is 9.72. The second-order valence-electron chi connectivity index (χ2n) is 6.24. The summed E-state index contributed by atoms with van der Waals surface area (Å²) in [6.07, 6.45) is 1.29. The molecule has 9 nitrogen and oxygen atoms in total. The fourth-order valence-corrected chi connectivity index (χ4v) is 2.64. The quantitative estimate of drug-likeness (QED) is 0.326. The topological polar surface area (TPSA) is 118 Å². The van der Waals surface area contributed by atoms with E-state index >= 15 is 0 Å². The van der Waals surface area contributed by atoms with Crippen molar-refractivity contribution in [3.8, 4) is 11.5 Å². The minimum atomic E-state index is -0.908. The highest BCUT2D eigenvalue weighted by Crippen LogP contribution is 2.36. The highest BCUT2D eigenvalue weighted by Gasteiger charge is 2.15. The van der Waals surface area contributed by atoms with Gasteiger partial charge in [-0.3, -0.25) is 14.4 Å². The number of likely N-dealkylation sites (N-methyl/N-ethyl adjacent to an activating group) is 1. The number of nitrogens with one attached hydrogen (secondary N) is 3. The molecule has 0 atom stereocenters. The zero-order valence-electron chi connectivity index (χ0n) is 17.3. The molecule has 0 spiro atoms. The van der Waals surface area contributed by atoms with Gasteiger partial charge in [-0.15, -0.1) is 0 Å². The van der Waals surface area contributed by atoms with Crippen molar-refractivity contribution < 1.29 is 23.9 Å². The van der Waals surface area contributed by atoms with Crippen LogP contribution in [0.4, 0.5) is 5.69 Å². The summed E-state index contributed by atoms with van der Waals surface area (Å²) in [7, 11) is 1.33. The number of carbonyl (C=O) groups is 3. The molecule has 0 heterocycles. The molecule has 0 unspecified atom stereocenters. The van der Waals surface area contributed by atoms with E-state index in [1.165, 1.54) is 19.3 Å². The Balaban J connectivity index is 2.07. The molecule has 10 heteroatoms. The van der Waals surface area contributed by atoms with Crippen LogP contribution in [-0.4, -0.2) is 44.2 Å². The third-order valence-electron chi connectivity index (χ3n) is 3.83. The Hall–Kier alpha value is -3.59. The van der Waals surface area contributed by atoms with Crippen LogP contribution in [0.3, 0.4) is 0 Å². The molecular formula is C21H23ClN4O5. The van der Waals surface area contributed by atoms with Crippen molar-refractivity contribution in [1.82, 2.24) is 10.7 Å². The van der Waals surface area contributed by atoms with E-state index in [2.05, 4.69) is 21.2 Å². The van der Waals surface area contributed by atoms with Crippen LogP contribution in [0.25, 0.3) is 0 Å². The van der Waals surface area contributed by atoms with Crippen LogP contribution in [0.1, 0.15) is 18.1 Å². The van der Waals surface area contributed by atoms with Gasteiger partial charge >= 0.3 is 11.8 Å². The molecule has 0 saturated carbocycles. The van der Waals surface area contributed by atoms with E-state index < -0.39 is 11.8 Å². The second kappa shape index (κ2) is 11.6. The monoisotopic (exact) mass is 446 g/mol. The molecule has 3 N–H and O–H groups in total. The average molecular weight is 447 g/mol. The number of benzene rings is 2. The van der Waals surface area contributed by atoms with Crippen molar-refractivity contribution in [2.75, 3.05) is 25.6 Å². The first kappa shape index (κ1) is 23.7. The van der Waals surface area contributed by atoms with Crippen LogP contribution in [0.15, 0.2) is 41.5 Å². The van der Waals surface area contributed by atoms with E-state index in [1.807, 2.05) is 19.1 Å². The normalized spacial score (nSPS) is 10.5. The molecule has 3 amide bonds. The highest BCUT2D eigenvalue weighted by molar-refractivity contribution is 6.35. The maximum atomic E-state index is 12.2. The number of halogens is 1. The molecule has 0 bridgehead atoms. The molecule has 0 saturated heterocycles. The zero-order chi connectivity index (χ0) is 22.8. The van der Waals surface area contributed by atoms with Gasteiger partial charge in [-0.05, 0) is 43.7 Å². The van der Waals surface area contributed by atoms with Crippen LogP contribution in [0, 0.1) is 6.92 Å². The van der Waals surface area contributed by atoms with E-state index in [0.717, 1.165) is 5.56 Å². The number of rotatable bonds is 8. The Morgan fingerprint density at radius 1 is 1.10 bits per heavy atom. The van der Waals surface area contributed by atoms with E-state index in [-0.39, 0.29) is 23.3 Å². The van der Waals surface area contributed by atoms with Crippen LogP contribution >= 0.6 is 11.6 Å². The fraction of sp³-hybridized carbons (Fsp3) is 0.238. The summed E-state index contributed by atoms with van der Waals surface area (Å²) < 4.78 is 11.1. The maximum Gasteiger partial charge on any atom is 0.329 e. The SMILES string of the molecule is CCOc1cc(/C=N\NC(=O)C(=O)NC)cc(Cl)c1OCC(=O)Nc1ccc(C)cc1. The van der Waals surface area contributed by atoms with Crippen LogP contribution in [-0.2, 0) is 14.4 Å². The number of hydrogen-bond donors (Lipinski definition) is 3. The smallest absolute Gasteiger partial charge is 0.329 e. The van der Waals surface area contributed by atoms with Gasteiger partial charge in [0.15, 0.2) is 18.1 Å². The van der Waals surface area contributed by atoms with E-state index in [1.54, 1.807) is 25.1 Å². The van der Waals surface area contributed by atoms with E-state index in [9.17, 15) is 14.4 Å². The van der Waals surface area contributed by atoms with Crippen molar-refractivity contribution >= 4 is 41.2 Å². The van der Waals surface area contributed by atoms with Gasteiger partial charge in [0.25, 0.3) is 5.91 Å². The zero-order valence-corrected chi connectivity index (χ0v) is 18.1. The summed E-state index contributed by atoms with van der Waals surface area (Å²) >= 11 is 6.30. The number of hydrazone groups is 1. The Labute approximate surface area is 184 Å². The molecule has 0 radical (unpaired) electrons. The number of nitrogens with zero attached hydrogens (tertiary/aromatic N) is 1. The lowest BCUT2D eigenvalue weighted by Gasteiger charge is -2.14. The summed E-state index contributed by atoms with van der Waals surface area (Å²) in [5.41, 5.74) is 4.31. The highest BCUT2D eigenvalue weighted by atomic mass is 35.5. The number of anilines is 1. The van der Waals surface area contributed by atoms with Gasteiger partial charge in [0.05, 0.1) is 17.8 Å². The Morgan fingerprint density at radius 3 is 2.45 bits per heavy atom. The molecule has 164 valence electrons. The third-order valence-corrected chi connectivity index (χ3v) is 4.11. The number of carbonyl (C=O) groups excluding carboxylic acids is 3. The number of aryl methyl sites for hydroxylation is 1. The lowest BCUT2D eigenvalue weighted by atomic mass is 10.2. The largest absolute Gasteiger partial charge is 0.490 e. The fourth-order valence-electron chi connectivity index (χ4n) is 2.37. The lowest BCUT2D eigenvalue weighted by Crippen LogP contribution is -2.35. The number of ether oxygens (including phenoxy) is 2. The Morgan fingerprint density at radius 2 is 1.81 bits per heavy atom. The van der Waals surface area contributed by atoms with Gasteiger partial charge in [-0.1, -0.05) is 29.3 Å². The third kappa shape index (κ3) is 7.31. The van der Waals surface area contributed by atoms with E-state index in [4.69, 9.17) is 21.1 Å². The first-order valence-electron chi connectivity index (χ1n) is 9.34. The Kier molecular flexibility index (Phi) is 8.83. The van der Waals surface area contributed by atoms with Crippen LogP contribution in [0.5, 0.6) is 11.5 Å². The summed E-state index contributed by atoms with van der Waals surface area (Å²) in [6, 6.07) is 10.5. The van der Waals surface area contributed by atoms with Crippen molar-refractivity contribution in [2.24, 2.45) is 5.10 Å². The molecule has 0 aromatic heterocycles. The molecule has 0 aliphatic carbocycles. The van der Waals surface area contributed by atoms with Crippen LogP contribution < -0.4 is 25.5 Å². The van der Waals surface area contributed by atoms with Crippen LogP contribution in [0.2, 0.25) is 5.02 Å². The van der Waals surface area contributed by atoms with Crippen molar-refractivity contribution in [3.63, 3.8) is 0 Å². The predicted molar refractivity (Wildman–Crippen MR) is 118 cm³/mol. The summed E-state index contributed by atoms with van der Waals surface area (Å²) in [4.78, 5) is 34.8. The molecular weight excluding hydrogens is 424 g/mol. The van der Waals surface area contributed by atoms with Gasteiger partial charge in [0, 0.05) is 12.7 Å². The summed E-state index contributed by atoms with van der Waals surface area (Å²) in [5.74, 6) is -1.58.